The molecule has 8 heteroatoms. The minimum atomic E-state index is -1.69. The van der Waals surface area contributed by atoms with Crippen molar-refractivity contribution in [1.29, 1.82) is 0 Å². The zero-order valence-corrected chi connectivity index (χ0v) is 18.0. The standard InChI is InChI=1S/C23H27ClN4O3/c24-18-9-6-15(13-25)16(12-18)14-27-21(29)19-4-3-11-28(19)22(30)23(31,17-7-8-17)20-5-1-2-10-26-20/h1-2,5-6,9-10,12,17,19,31H,3-4,7-8,11,13-14,25H2,(H,27,29). The van der Waals surface area contributed by atoms with Gasteiger partial charge < -0.3 is 21.1 Å². The van der Waals surface area contributed by atoms with Crippen molar-refractivity contribution in [2.75, 3.05) is 6.54 Å². The summed E-state index contributed by atoms with van der Waals surface area (Å²) in [6.45, 7) is 1.05. The molecular formula is C23H27ClN4O3. The maximum absolute atomic E-state index is 13.5. The number of pyridine rings is 1. The Balaban J connectivity index is 1.50. The first-order valence-corrected chi connectivity index (χ1v) is 11.0. The van der Waals surface area contributed by atoms with Crippen LogP contribution in [0.5, 0.6) is 0 Å². The van der Waals surface area contributed by atoms with Crippen LogP contribution < -0.4 is 11.1 Å². The van der Waals surface area contributed by atoms with E-state index >= 15 is 0 Å². The lowest BCUT2D eigenvalue weighted by Gasteiger charge is -2.33. The molecule has 2 heterocycles. The van der Waals surface area contributed by atoms with E-state index in [4.69, 9.17) is 17.3 Å². The van der Waals surface area contributed by atoms with E-state index in [0.29, 0.717) is 36.6 Å². The van der Waals surface area contributed by atoms with Crippen LogP contribution in [0.15, 0.2) is 42.6 Å². The molecular weight excluding hydrogens is 416 g/mol. The third kappa shape index (κ3) is 4.31. The number of nitrogens with zero attached hydrogens (tertiary/aromatic N) is 2. The first-order chi connectivity index (χ1) is 14.9. The number of aliphatic hydroxyl groups is 1. The number of aromatic nitrogens is 1. The molecule has 31 heavy (non-hydrogen) atoms. The Labute approximate surface area is 186 Å². The molecule has 2 unspecified atom stereocenters. The molecule has 4 N–H and O–H groups in total. The maximum atomic E-state index is 13.5. The van der Waals surface area contributed by atoms with Crippen molar-refractivity contribution in [3.8, 4) is 0 Å². The highest BCUT2D eigenvalue weighted by atomic mass is 35.5. The number of benzene rings is 1. The third-order valence-corrected chi connectivity index (χ3v) is 6.44. The second-order valence-corrected chi connectivity index (χ2v) is 8.68. The normalized spacial score (nSPS) is 20.4. The topological polar surface area (TPSA) is 109 Å². The average molecular weight is 443 g/mol. The molecule has 1 saturated heterocycles. The Morgan fingerprint density at radius 2 is 2.03 bits per heavy atom. The molecule has 2 aliphatic rings. The second-order valence-electron chi connectivity index (χ2n) is 8.25. The van der Waals surface area contributed by atoms with E-state index in [-0.39, 0.29) is 18.4 Å². The molecule has 0 spiro atoms. The summed E-state index contributed by atoms with van der Waals surface area (Å²) in [5.74, 6) is -0.845. The lowest BCUT2D eigenvalue weighted by Crippen LogP contribution is -2.54. The van der Waals surface area contributed by atoms with Gasteiger partial charge in [-0.25, -0.2) is 0 Å². The minimum absolute atomic E-state index is 0.169. The van der Waals surface area contributed by atoms with E-state index in [0.717, 1.165) is 24.0 Å². The molecule has 0 bridgehead atoms. The van der Waals surface area contributed by atoms with Crippen LogP contribution in [0.1, 0.15) is 42.5 Å². The van der Waals surface area contributed by atoms with Gasteiger partial charge in [0, 0.05) is 36.8 Å². The van der Waals surface area contributed by atoms with Gasteiger partial charge >= 0.3 is 0 Å². The predicted molar refractivity (Wildman–Crippen MR) is 117 cm³/mol. The van der Waals surface area contributed by atoms with Gasteiger partial charge in [-0.15, -0.1) is 0 Å². The molecule has 1 saturated carbocycles. The van der Waals surface area contributed by atoms with Crippen molar-refractivity contribution < 1.29 is 14.7 Å². The third-order valence-electron chi connectivity index (χ3n) is 6.21. The molecule has 2 aromatic rings. The molecule has 0 radical (unpaired) electrons. The SMILES string of the molecule is NCc1ccc(Cl)cc1CNC(=O)C1CCCN1C(=O)C(O)(c1ccccn1)C1CC1. The highest BCUT2D eigenvalue weighted by Crippen LogP contribution is 2.47. The predicted octanol–water partition coefficient (Wildman–Crippen LogP) is 2.10. The van der Waals surface area contributed by atoms with E-state index in [1.807, 2.05) is 6.07 Å². The molecule has 1 aromatic carbocycles. The summed E-state index contributed by atoms with van der Waals surface area (Å²) in [5.41, 5.74) is 6.20. The van der Waals surface area contributed by atoms with Crippen molar-refractivity contribution in [2.24, 2.45) is 11.7 Å². The molecule has 1 aliphatic heterocycles. The summed E-state index contributed by atoms with van der Waals surface area (Å²) in [4.78, 5) is 32.3. The van der Waals surface area contributed by atoms with Gasteiger partial charge in [-0.1, -0.05) is 23.7 Å². The summed E-state index contributed by atoms with van der Waals surface area (Å²) >= 11 is 6.08. The monoisotopic (exact) mass is 442 g/mol. The number of amides is 2. The van der Waals surface area contributed by atoms with E-state index in [1.165, 1.54) is 4.90 Å². The van der Waals surface area contributed by atoms with Crippen LogP contribution in [0, 0.1) is 5.92 Å². The molecule has 164 valence electrons. The van der Waals surface area contributed by atoms with E-state index in [9.17, 15) is 14.7 Å². The van der Waals surface area contributed by atoms with Crippen LogP contribution in [0.2, 0.25) is 5.02 Å². The first-order valence-electron chi connectivity index (χ1n) is 10.6. The quantitative estimate of drug-likeness (QED) is 0.608. The van der Waals surface area contributed by atoms with Crippen LogP contribution in [-0.2, 0) is 28.3 Å². The fourth-order valence-electron chi connectivity index (χ4n) is 4.34. The van der Waals surface area contributed by atoms with Crippen LogP contribution in [-0.4, -0.2) is 39.4 Å². The van der Waals surface area contributed by atoms with E-state index < -0.39 is 17.6 Å². The van der Waals surface area contributed by atoms with Gasteiger partial charge in [-0.3, -0.25) is 14.6 Å². The summed E-state index contributed by atoms with van der Waals surface area (Å²) in [6, 6.07) is 9.96. The largest absolute Gasteiger partial charge is 0.374 e. The molecule has 1 aliphatic carbocycles. The number of carbonyl (C=O) groups excluding carboxylic acids is 2. The van der Waals surface area contributed by atoms with Gasteiger partial charge in [-0.2, -0.15) is 0 Å². The summed E-state index contributed by atoms with van der Waals surface area (Å²) in [7, 11) is 0. The molecule has 2 amide bonds. The molecule has 7 nitrogen and oxygen atoms in total. The van der Waals surface area contributed by atoms with E-state index in [1.54, 1.807) is 36.5 Å². The van der Waals surface area contributed by atoms with Gasteiger partial charge in [0.2, 0.25) is 5.91 Å². The van der Waals surface area contributed by atoms with Crippen LogP contribution in [0.25, 0.3) is 0 Å². The number of hydrogen-bond donors (Lipinski definition) is 3. The Bertz CT molecular complexity index is 967. The van der Waals surface area contributed by atoms with Gasteiger partial charge in [0.1, 0.15) is 6.04 Å². The van der Waals surface area contributed by atoms with Gasteiger partial charge in [0.25, 0.3) is 5.91 Å². The number of carbonyl (C=O) groups is 2. The van der Waals surface area contributed by atoms with Crippen LogP contribution in [0.4, 0.5) is 0 Å². The molecule has 2 atom stereocenters. The zero-order chi connectivity index (χ0) is 22.0. The fourth-order valence-corrected chi connectivity index (χ4v) is 4.54. The van der Waals surface area contributed by atoms with Crippen molar-refractivity contribution in [2.45, 2.75) is 50.4 Å². The number of rotatable bonds is 7. The van der Waals surface area contributed by atoms with Crippen LogP contribution in [0.3, 0.4) is 0 Å². The Kier molecular flexibility index (Phi) is 6.27. The average Bonchev–Trinajstić information content (AvgIpc) is 3.54. The number of nitrogens with one attached hydrogen (secondary N) is 1. The Morgan fingerprint density at radius 1 is 1.23 bits per heavy atom. The van der Waals surface area contributed by atoms with Gasteiger partial charge in [-0.05, 0) is 61.1 Å². The minimum Gasteiger partial charge on any atom is -0.374 e. The number of nitrogens with two attached hydrogens (primary N) is 1. The molecule has 2 fully saturated rings. The number of likely N-dealkylation sites (tertiary alicyclic amines) is 1. The van der Waals surface area contributed by atoms with E-state index in [2.05, 4.69) is 10.3 Å². The maximum Gasteiger partial charge on any atom is 0.261 e. The Hall–Kier alpha value is -2.48. The van der Waals surface area contributed by atoms with Crippen molar-refractivity contribution >= 4 is 23.4 Å². The second kappa shape index (κ2) is 8.94. The summed E-state index contributed by atoms with van der Waals surface area (Å²) < 4.78 is 0. The smallest absolute Gasteiger partial charge is 0.261 e. The van der Waals surface area contributed by atoms with Crippen LogP contribution >= 0.6 is 11.6 Å². The number of halogens is 1. The first kappa shape index (κ1) is 21.7. The molecule has 1 aromatic heterocycles. The van der Waals surface area contributed by atoms with Gasteiger partial charge in [0.15, 0.2) is 5.60 Å². The van der Waals surface area contributed by atoms with Crippen molar-refractivity contribution in [1.82, 2.24) is 15.2 Å². The fraction of sp³-hybridized carbons (Fsp3) is 0.435. The van der Waals surface area contributed by atoms with Crippen molar-refractivity contribution in [3.63, 3.8) is 0 Å². The van der Waals surface area contributed by atoms with Crippen molar-refractivity contribution in [3.05, 3.63) is 64.4 Å². The lowest BCUT2D eigenvalue weighted by atomic mass is 9.90. The highest BCUT2D eigenvalue weighted by Gasteiger charge is 2.55. The Morgan fingerprint density at radius 3 is 2.71 bits per heavy atom. The van der Waals surface area contributed by atoms with Gasteiger partial charge in [0.05, 0.1) is 5.69 Å². The zero-order valence-electron chi connectivity index (χ0n) is 17.3. The lowest BCUT2D eigenvalue weighted by molar-refractivity contribution is -0.158. The highest BCUT2D eigenvalue weighted by molar-refractivity contribution is 6.30. The summed E-state index contributed by atoms with van der Waals surface area (Å²) in [6.07, 6.45) is 4.36. The summed E-state index contributed by atoms with van der Waals surface area (Å²) in [5, 5.41) is 14.9. The molecule has 4 rings (SSSR count). The number of hydrogen-bond acceptors (Lipinski definition) is 5.